The lowest BCUT2D eigenvalue weighted by molar-refractivity contribution is -0.174. The second-order valence-corrected chi connectivity index (χ2v) is 3.78. The van der Waals surface area contributed by atoms with E-state index >= 15 is 0 Å². The fourth-order valence-electron chi connectivity index (χ4n) is 1.48. The minimum absolute atomic E-state index is 0.0834. The van der Waals surface area contributed by atoms with Gasteiger partial charge >= 0.3 is 5.97 Å². The first-order valence-corrected chi connectivity index (χ1v) is 4.71. The molecule has 0 saturated carbocycles. The molecule has 78 valence electrons. The van der Waals surface area contributed by atoms with Crippen molar-refractivity contribution in [2.45, 2.75) is 39.7 Å². The van der Waals surface area contributed by atoms with Crippen LogP contribution >= 0.6 is 0 Å². The first kappa shape index (κ1) is 12.4. The van der Waals surface area contributed by atoms with E-state index in [0.29, 0.717) is 0 Å². The topological polar surface area (TPSA) is 46.5 Å². The van der Waals surface area contributed by atoms with Gasteiger partial charge in [-0.3, -0.25) is 0 Å². The number of rotatable bonds is 4. The van der Waals surface area contributed by atoms with Gasteiger partial charge in [0.15, 0.2) is 5.60 Å². The second kappa shape index (κ2) is 4.61. The average Bonchev–Trinajstić information content (AvgIpc) is 2.13. The average molecular weight is 188 g/mol. The quantitative estimate of drug-likeness (QED) is 0.681. The van der Waals surface area contributed by atoms with E-state index in [-0.39, 0.29) is 11.8 Å². The van der Waals surface area contributed by atoms with E-state index in [4.69, 9.17) is 0 Å². The molecule has 3 nitrogen and oxygen atoms in total. The molecule has 0 saturated heterocycles. The lowest BCUT2D eigenvalue weighted by atomic mass is 9.78. The Morgan fingerprint density at radius 3 is 2.15 bits per heavy atom. The summed E-state index contributed by atoms with van der Waals surface area (Å²) >= 11 is 0. The fraction of sp³-hybridized carbons (Fsp3) is 0.900. The van der Waals surface area contributed by atoms with Crippen LogP contribution in [0.25, 0.3) is 0 Å². The molecule has 0 aromatic rings. The van der Waals surface area contributed by atoms with E-state index in [1.165, 1.54) is 7.11 Å². The summed E-state index contributed by atoms with van der Waals surface area (Å²) in [5.74, 6) is -0.744. The monoisotopic (exact) mass is 188 g/mol. The first-order chi connectivity index (χ1) is 5.91. The number of aliphatic hydroxyl groups is 1. The largest absolute Gasteiger partial charge is 0.467 e. The molecule has 0 fully saturated rings. The predicted octanol–water partition coefficient (Wildman–Crippen LogP) is 1.59. The number of esters is 1. The van der Waals surface area contributed by atoms with Crippen molar-refractivity contribution in [3.05, 3.63) is 0 Å². The molecule has 1 N–H and O–H groups in total. The van der Waals surface area contributed by atoms with E-state index in [0.717, 1.165) is 6.42 Å². The Morgan fingerprint density at radius 1 is 1.46 bits per heavy atom. The smallest absolute Gasteiger partial charge is 0.338 e. The number of hydrogen-bond donors (Lipinski definition) is 1. The molecule has 0 rings (SSSR count). The molecule has 3 heteroatoms. The molecule has 2 unspecified atom stereocenters. The van der Waals surface area contributed by atoms with Crippen molar-refractivity contribution in [2.24, 2.45) is 11.8 Å². The van der Waals surface area contributed by atoms with Gasteiger partial charge in [0.1, 0.15) is 0 Å². The summed E-state index contributed by atoms with van der Waals surface area (Å²) in [4.78, 5) is 11.4. The zero-order valence-electron chi connectivity index (χ0n) is 9.13. The molecular weight excluding hydrogens is 168 g/mol. The third kappa shape index (κ3) is 2.21. The Labute approximate surface area is 80.1 Å². The maximum atomic E-state index is 11.4. The third-order valence-corrected chi connectivity index (χ3v) is 2.76. The van der Waals surface area contributed by atoms with Crippen LogP contribution in [-0.4, -0.2) is 23.8 Å². The van der Waals surface area contributed by atoms with Gasteiger partial charge in [-0.2, -0.15) is 0 Å². The maximum absolute atomic E-state index is 11.4. The maximum Gasteiger partial charge on any atom is 0.338 e. The minimum atomic E-state index is -1.34. The lowest BCUT2D eigenvalue weighted by Crippen LogP contribution is -2.49. The molecule has 0 bridgehead atoms. The first-order valence-electron chi connectivity index (χ1n) is 4.71. The van der Waals surface area contributed by atoms with Crippen molar-refractivity contribution in [1.29, 1.82) is 0 Å². The molecular formula is C10H20O3. The van der Waals surface area contributed by atoms with Gasteiger partial charge in [-0.05, 0) is 11.8 Å². The lowest BCUT2D eigenvalue weighted by Gasteiger charge is -2.34. The van der Waals surface area contributed by atoms with E-state index in [1.807, 2.05) is 27.7 Å². The van der Waals surface area contributed by atoms with E-state index < -0.39 is 11.6 Å². The van der Waals surface area contributed by atoms with Crippen molar-refractivity contribution in [1.82, 2.24) is 0 Å². The number of carbonyl (C=O) groups excluding carboxylic acids is 1. The second-order valence-electron chi connectivity index (χ2n) is 3.78. The zero-order chi connectivity index (χ0) is 10.6. The Bertz CT molecular complexity index is 177. The molecule has 0 aliphatic heterocycles. The van der Waals surface area contributed by atoms with Gasteiger partial charge in [0.05, 0.1) is 7.11 Å². The standard InChI is InChI=1S/C10H20O3/c1-6-8(4)10(12,7(2)3)9(11)13-5/h7-8,12H,6H2,1-5H3. The highest BCUT2D eigenvalue weighted by molar-refractivity contribution is 5.79. The summed E-state index contributed by atoms with van der Waals surface area (Å²) in [6.45, 7) is 7.45. The number of ether oxygens (including phenoxy) is 1. The Balaban J connectivity index is 4.83. The molecule has 0 aromatic carbocycles. The Morgan fingerprint density at radius 2 is 1.92 bits per heavy atom. The molecule has 0 heterocycles. The van der Waals surface area contributed by atoms with Crippen LogP contribution in [0.15, 0.2) is 0 Å². The summed E-state index contributed by atoms with van der Waals surface area (Å²) < 4.78 is 4.61. The summed E-state index contributed by atoms with van der Waals surface area (Å²) in [6.07, 6.45) is 0.754. The van der Waals surface area contributed by atoms with Crippen molar-refractivity contribution in [3.8, 4) is 0 Å². The minimum Gasteiger partial charge on any atom is -0.467 e. The number of methoxy groups -OCH3 is 1. The van der Waals surface area contributed by atoms with Gasteiger partial charge in [0.2, 0.25) is 0 Å². The fourth-order valence-corrected chi connectivity index (χ4v) is 1.48. The molecule has 0 aromatic heterocycles. The van der Waals surface area contributed by atoms with Crippen molar-refractivity contribution in [3.63, 3.8) is 0 Å². The van der Waals surface area contributed by atoms with Gasteiger partial charge in [-0.25, -0.2) is 4.79 Å². The predicted molar refractivity (Wildman–Crippen MR) is 51.3 cm³/mol. The highest BCUT2D eigenvalue weighted by Crippen LogP contribution is 2.29. The van der Waals surface area contributed by atoms with Gasteiger partial charge < -0.3 is 9.84 Å². The highest BCUT2D eigenvalue weighted by Gasteiger charge is 2.44. The number of carbonyl (C=O) groups is 1. The van der Waals surface area contributed by atoms with Crippen LogP contribution in [0.3, 0.4) is 0 Å². The van der Waals surface area contributed by atoms with Crippen LogP contribution in [0.5, 0.6) is 0 Å². The molecule has 0 spiro atoms. The van der Waals surface area contributed by atoms with E-state index in [1.54, 1.807) is 0 Å². The summed E-state index contributed by atoms with van der Waals surface area (Å²) in [5, 5.41) is 10.2. The Kier molecular flexibility index (Phi) is 4.40. The Hall–Kier alpha value is -0.570. The van der Waals surface area contributed by atoms with Crippen LogP contribution in [0.1, 0.15) is 34.1 Å². The van der Waals surface area contributed by atoms with Crippen LogP contribution in [-0.2, 0) is 9.53 Å². The van der Waals surface area contributed by atoms with Crippen molar-refractivity contribution >= 4 is 5.97 Å². The number of hydrogen-bond acceptors (Lipinski definition) is 3. The van der Waals surface area contributed by atoms with E-state index in [2.05, 4.69) is 4.74 Å². The summed E-state index contributed by atoms with van der Waals surface area (Å²) in [5.41, 5.74) is -1.34. The molecule has 0 aliphatic rings. The third-order valence-electron chi connectivity index (χ3n) is 2.76. The normalized spacial score (nSPS) is 18.1. The van der Waals surface area contributed by atoms with E-state index in [9.17, 15) is 9.90 Å². The van der Waals surface area contributed by atoms with Crippen molar-refractivity contribution < 1.29 is 14.6 Å². The molecule has 0 aliphatic carbocycles. The van der Waals surface area contributed by atoms with Crippen molar-refractivity contribution in [2.75, 3.05) is 7.11 Å². The SMILES string of the molecule is CCC(C)C(O)(C(=O)OC)C(C)C. The van der Waals surface area contributed by atoms with Crippen LogP contribution < -0.4 is 0 Å². The molecule has 0 amide bonds. The van der Waals surface area contributed by atoms with Crippen LogP contribution in [0.4, 0.5) is 0 Å². The van der Waals surface area contributed by atoms with Gasteiger partial charge in [0.25, 0.3) is 0 Å². The van der Waals surface area contributed by atoms with Crippen LogP contribution in [0, 0.1) is 11.8 Å². The zero-order valence-corrected chi connectivity index (χ0v) is 9.13. The molecule has 0 radical (unpaired) electrons. The van der Waals surface area contributed by atoms with Gasteiger partial charge in [0, 0.05) is 0 Å². The summed E-state index contributed by atoms with van der Waals surface area (Å²) in [7, 11) is 1.30. The van der Waals surface area contributed by atoms with Gasteiger partial charge in [-0.1, -0.05) is 34.1 Å². The molecule has 13 heavy (non-hydrogen) atoms. The van der Waals surface area contributed by atoms with Crippen LogP contribution in [0.2, 0.25) is 0 Å². The van der Waals surface area contributed by atoms with Gasteiger partial charge in [-0.15, -0.1) is 0 Å². The highest BCUT2D eigenvalue weighted by atomic mass is 16.5. The summed E-state index contributed by atoms with van der Waals surface area (Å²) in [6, 6.07) is 0. The molecule has 2 atom stereocenters.